The van der Waals surface area contributed by atoms with Gasteiger partial charge in [-0.3, -0.25) is 0 Å². The topological polar surface area (TPSA) is 68.1 Å². The molecule has 0 radical (unpaired) electrons. The zero-order chi connectivity index (χ0) is 29.3. The summed E-state index contributed by atoms with van der Waals surface area (Å²) in [4.78, 5) is 1.63. The largest absolute Gasteiger partial charge is 0.384 e. The molecule has 5 nitrogen and oxygen atoms in total. The fraction of sp³-hybridized carbons (Fsp3) is 0.257. The van der Waals surface area contributed by atoms with Gasteiger partial charge in [-0.1, -0.05) is 103 Å². The molecule has 4 atom stereocenters. The Labute approximate surface area is 253 Å². The SMILES string of the molecule is CN=S(=O)(CC(O)(CSc1ccccc1)C1=CCC(OCc2ccccc2)C1OCc1ccccc1)c1ccccc1. The van der Waals surface area contributed by atoms with Crippen molar-refractivity contribution in [3.8, 4) is 0 Å². The summed E-state index contributed by atoms with van der Waals surface area (Å²) < 4.78 is 31.8. The van der Waals surface area contributed by atoms with Gasteiger partial charge in [-0.05, 0) is 47.4 Å². The maximum absolute atomic E-state index is 14.4. The fourth-order valence-corrected chi connectivity index (χ4v) is 8.32. The molecule has 4 unspecified atom stereocenters. The van der Waals surface area contributed by atoms with Crippen molar-refractivity contribution >= 4 is 21.5 Å². The van der Waals surface area contributed by atoms with Crippen molar-refractivity contribution in [1.82, 2.24) is 0 Å². The minimum absolute atomic E-state index is 0.0528. The minimum atomic E-state index is -2.94. The Bertz CT molecular complexity index is 1560. The average Bonchev–Trinajstić information content (AvgIpc) is 3.47. The molecule has 0 saturated heterocycles. The molecule has 4 aromatic carbocycles. The zero-order valence-corrected chi connectivity index (χ0v) is 25.4. The van der Waals surface area contributed by atoms with Crippen LogP contribution in [0.5, 0.6) is 0 Å². The van der Waals surface area contributed by atoms with E-state index in [1.807, 2.05) is 127 Å². The lowest BCUT2D eigenvalue weighted by molar-refractivity contribution is -0.0704. The van der Waals surface area contributed by atoms with Crippen molar-refractivity contribution in [3.63, 3.8) is 0 Å². The molecule has 7 heteroatoms. The van der Waals surface area contributed by atoms with Crippen molar-refractivity contribution in [2.75, 3.05) is 18.6 Å². The smallest absolute Gasteiger partial charge is 0.110 e. The van der Waals surface area contributed by atoms with E-state index in [1.165, 1.54) is 11.8 Å². The van der Waals surface area contributed by atoms with Crippen molar-refractivity contribution in [3.05, 3.63) is 144 Å². The molecule has 0 amide bonds. The van der Waals surface area contributed by atoms with Gasteiger partial charge in [0.1, 0.15) is 11.7 Å². The first-order valence-corrected chi connectivity index (χ1v) is 16.8. The van der Waals surface area contributed by atoms with Crippen molar-refractivity contribution in [2.24, 2.45) is 4.36 Å². The Hall–Kier alpha value is -3.20. The Morgan fingerprint density at radius 3 is 1.90 bits per heavy atom. The van der Waals surface area contributed by atoms with E-state index < -0.39 is 21.4 Å². The predicted octanol–water partition coefficient (Wildman–Crippen LogP) is 7.17. The number of benzene rings is 4. The molecule has 0 bridgehead atoms. The molecule has 0 aromatic heterocycles. The second-order valence-electron chi connectivity index (χ2n) is 10.4. The number of rotatable bonds is 13. The molecule has 0 fully saturated rings. The van der Waals surface area contributed by atoms with Crippen LogP contribution in [0.25, 0.3) is 0 Å². The summed E-state index contributed by atoms with van der Waals surface area (Å²) in [6.07, 6.45) is 1.78. The zero-order valence-electron chi connectivity index (χ0n) is 23.8. The molecule has 5 rings (SSSR count). The van der Waals surface area contributed by atoms with Crippen LogP contribution in [-0.4, -0.2) is 45.7 Å². The van der Waals surface area contributed by atoms with E-state index >= 15 is 0 Å². The van der Waals surface area contributed by atoms with Gasteiger partial charge in [-0.2, -0.15) is 0 Å². The van der Waals surface area contributed by atoms with Crippen LogP contribution in [0.4, 0.5) is 0 Å². The first-order chi connectivity index (χ1) is 20.5. The highest BCUT2D eigenvalue weighted by Crippen LogP contribution is 2.39. The van der Waals surface area contributed by atoms with Crippen LogP contribution in [0.1, 0.15) is 17.5 Å². The van der Waals surface area contributed by atoms with Crippen LogP contribution in [-0.2, 0) is 32.4 Å². The van der Waals surface area contributed by atoms with Gasteiger partial charge in [0, 0.05) is 22.6 Å². The molecule has 0 saturated carbocycles. The summed E-state index contributed by atoms with van der Waals surface area (Å²) in [5.41, 5.74) is 1.33. The normalized spacial score (nSPS) is 19.4. The quantitative estimate of drug-likeness (QED) is 0.130. The number of hydrogen-bond donors (Lipinski definition) is 1. The molecule has 1 aliphatic rings. The Kier molecular flexibility index (Phi) is 10.3. The summed E-state index contributed by atoms with van der Waals surface area (Å²) in [5.74, 6) is 0.238. The molecule has 0 spiro atoms. The lowest BCUT2D eigenvalue weighted by Gasteiger charge is -2.35. The van der Waals surface area contributed by atoms with E-state index in [9.17, 15) is 9.32 Å². The van der Waals surface area contributed by atoms with Crippen LogP contribution in [0.3, 0.4) is 0 Å². The van der Waals surface area contributed by atoms with E-state index in [0.717, 1.165) is 16.0 Å². The first kappa shape index (κ1) is 30.3. The highest BCUT2D eigenvalue weighted by atomic mass is 32.2. The molecular formula is C35H37NO4S2. The molecule has 0 aliphatic heterocycles. The number of aliphatic hydroxyl groups is 1. The predicted molar refractivity (Wildman–Crippen MR) is 171 cm³/mol. The number of nitrogens with zero attached hydrogens (tertiary/aromatic N) is 1. The molecule has 42 heavy (non-hydrogen) atoms. The summed E-state index contributed by atoms with van der Waals surface area (Å²) >= 11 is 1.53. The van der Waals surface area contributed by atoms with Crippen molar-refractivity contribution in [2.45, 2.75) is 47.2 Å². The van der Waals surface area contributed by atoms with E-state index in [1.54, 1.807) is 7.05 Å². The Morgan fingerprint density at radius 1 is 0.810 bits per heavy atom. The van der Waals surface area contributed by atoms with Crippen molar-refractivity contribution in [1.29, 1.82) is 0 Å². The molecule has 0 heterocycles. The standard InChI is InChI=1S/C35H37NO4S2/c1-36-42(38,31-20-12-5-13-21-31)27-35(37,26-41-30-18-10-4-11-19-30)32-22-23-33(39-24-28-14-6-2-7-15-28)34(32)40-25-29-16-8-3-9-17-29/h2-22,33-34,37H,23-27H2,1H3. The summed E-state index contributed by atoms with van der Waals surface area (Å²) in [6.45, 7) is 0.794. The van der Waals surface area contributed by atoms with E-state index in [0.29, 0.717) is 35.9 Å². The molecule has 1 N–H and O–H groups in total. The van der Waals surface area contributed by atoms with Gasteiger partial charge in [0.15, 0.2) is 0 Å². The van der Waals surface area contributed by atoms with Crippen LogP contribution in [0.2, 0.25) is 0 Å². The Morgan fingerprint density at radius 2 is 1.33 bits per heavy atom. The monoisotopic (exact) mass is 599 g/mol. The third-order valence-corrected chi connectivity index (χ3v) is 11.1. The molecule has 218 valence electrons. The highest BCUT2D eigenvalue weighted by Gasteiger charge is 2.45. The second-order valence-corrected chi connectivity index (χ2v) is 13.8. The van der Waals surface area contributed by atoms with E-state index in [2.05, 4.69) is 4.36 Å². The Balaban J connectivity index is 1.47. The van der Waals surface area contributed by atoms with E-state index in [4.69, 9.17) is 9.47 Å². The van der Waals surface area contributed by atoms with Gasteiger partial charge in [0.05, 0.1) is 34.8 Å². The lowest BCUT2D eigenvalue weighted by Crippen LogP contribution is -2.47. The molecule has 1 aliphatic carbocycles. The van der Waals surface area contributed by atoms with Crippen LogP contribution >= 0.6 is 11.8 Å². The highest BCUT2D eigenvalue weighted by molar-refractivity contribution is 7.99. The summed E-state index contributed by atoms with van der Waals surface area (Å²) in [7, 11) is -1.38. The van der Waals surface area contributed by atoms with Crippen molar-refractivity contribution < 1.29 is 18.8 Å². The van der Waals surface area contributed by atoms with Gasteiger partial charge in [0.2, 0.25) is 0 Å². The number of hydrogen-bond acceptors (Lipinski definition) is 6. The summed E-state index contributed by atoms with van der Waals surface area (Å²) in [6, 6.07) is 39.2. The van der Waals surface area contributed by atoms with Crippen LogP contribution in [0, 0.1) is 0 Å². The third kappa shape index (κ3) is 7.60. The van der Waals surface area contributed by atoms with Gasteiger partial charge in [-0.15, -0.1) is 11.8 Å². The second kappa shape index (κ2) is 14.3. The average molecular weight is 600 g/mol. The maximum Gasteiger partial charge on any atom is 0.110 e. The minimum Gasteiger partial charge on any atom is -0.384 e. The molecule has 4 aromatic rings. The third-order valence-electron chi connectivity index (χ3n) is 7.39. The van der Waals surface area contributed by atoms with E-state index in [-0.39, 0.29) is 11.9 Å². The fourth-order valence-electron chi connectivity index (χ4n) is 5.17. The van der Waals surface area contributed by atoms with Crippen LogP contribution < -0.4 is 0 Å². The van der Waals surface area contributed by atoms with Gasteiger partial charge in [0.25, 0.3) is 0 Å². The molecular weight excluding hydrogens is 563 g/mol. The number of ether oxygens (including phenoxy) is 2. The van der Waals surface area contributed by atoms with Gasteiger partial charge < -0.3 is 14.6 Å². The first-order valence-electron chi connectivity index (χ1n) is 14.1. The number of thioether (sulfide) groups is 1. The lowest BCUT2D eigenvalue weighted by atomic mass is 9.94. The maximum atomic E-state index is 14.4. The summed E-state index contributed by atoms with van der Waals surface area (Å²) in [5, 5.41) is 12.6. The van der Waals surface area contributed by atoms with Gasteiger partial charge >= 0.3 is 0 Å². The van der Waals surface area contributed by atoms with Gasteiger partial charge in [-0.25, -0.2) is 8.57 Å². The van der Waals surface area contributed by atoms with Crippen LogP contribution in [0.15, 0.2) is 147 Å².